The normalized spacial score (nSPS) is 18.8. The van der Waals surface area contributed by atoms with Crippen LogP contribution in [0.5, 0.6) is 0 Å². The highest BCUT2D eigenvalue weighted by Gasteiger charge is 2.18. The van der Waals surface area contributed by atoms with Gasteiger partial charge in [0.15, 0.2) is 0 Å². The summed E-state index contributed by atoms with van der Waals surface area (Å²) in [5.74, 6) is 0. The van der Waals surface area contributed by atoms with E-state index in [1.165, 1.54) is 22.2 Å². The van der Waals surface area contributed by atoms with E-state index in [4.69, 9.17) is 0 Å². The van der Waals surface area contributed by atoms with Crippen LogP contribution in [0, 0.1) is 0 Å². The quantitative estimate of drug-likeness (QED) is 0.564. The summed E-state index contributed by atoms with van der Waals surface area (Å²) in [7, 11) is 0. The Balaban J connectivity index is 0.000000457. The van der Waals surface area contributed by atoms with Crippen molar-refractivity contribution in [1.29, 1.82) is 0 Å². The second-order valence-electron chi connectivity index (χ2n) is 4.11. The van der Waals surface area contributed by atoms with E-state index in [1.807, 2.05) is 4.93 Å². The number of benzene rings is 1. The zero-order valence-corrected chi connectivity index (χ0v) is 11.8. The molecule has 0 saturated carbocycles. The highest BCUT2D eigenvalue weighted by Crippen LogP contribution is 2.25. The molecule has 1 aliphatic heterocycles. The predicted octanol–water partition coefficient (Wildman–Crippen LogP) is 3.25. The molecule has 0 aliphatic carbocycles. The Kier molecular flexibility index (Phi) is 3.86. The van der Waals surface area contributed by atoms with Crippen molar-refractivity contribution in [2.75, 3.05) is 4.93 Å². The van der Waals surface area contributed by atoms with Crippen LogP contribution in [0.3, 0.4) is 0 Å². The number of para-hydroxylation sites is 1. The first-order valence-electron chi connectivity index (χ1n) is 5.54. The maximum absolute atomic E-state index is 3.51. The van der Waals surface area contributed by atoms with Gasteiger partial charge in [0.25, 0.3) is 0 Å². The Labute approximate surface area is 110 Å². The highest BCUT2D eigenvalue weighted by atomic mass is 127. The van der Waals surface area contributed by atoms with Gasteiger partial charge in [0.1, 0.15) is 0 Å². The molecular formula is C13H17IN2. The fourth-order valence-corrected chi connectivity index (χ4v) is 2.29. The van der Waals surface area contributed by atoms with Gasteiger partial charge >= 0.3 is 0 Å². The molecule has 0 bridgehead atoms. The van der Waals surface area contributed by atoms with E-state index in [2.05, 4.69) is 64.1 Å². The minimum atomic E-state index is 0.593. The number of nitrogens with one attached hydrogen (secondary N) is 2. The molecule has 0 fully saturated rings. The summed E-state index contributed by atoms with van der Waals surface area (Å²) in [6, 6.07) is 9.13. The van der Waals surface area contributed by atoms with Crippen LogP contribution in [0.25, 0.3) is 10.9 Å². The minimum Gasteiger partial charge on any atom is -0.358 e. The van der Waals surface area contributed by atoms with E-state index < -0.39 is 0 Å². The molecule has 2 N–H and O–H groups in total. The molecule has 2 heterocycles. The predicted molar refractivity (Wildman–Crippen MR) is 78.2 cm³/mol. The number of alkyl halides is 1. The number of aromatic amines is 1. The highest BCUT2D eigenvalue weighted by molar-refractivity contribution is 14.1. The van der Waals surface area contributed by atoms with Crippen molar-refractivity contribution < 1.29 is 0 Å². The van der Waals surface area contributed by atoms with Gasteiger partial charge in [-0.3, -0.25) is 0 Å². The van der Waals surface area contributed by atoms with Gasteiger partial charge in [-0.15, -0.1) is 0 Å². The van der Waals surface area contributed by atoms with Crippen molar-refractivity contribution in [3.8, 4) is 0 Å². The lowest BCUT2D eigenvalue weighted by molar-refractivity contribution is 0.511. The molecule has 0 radical (unpaired) electrons. The Bertz CT molecular complexity index is 476. The van der Waals surface area contributed by atoms with Crippen molar-refractivity contribution in [3.05, 3.63) is 35.5 Å². The number of rotatable bonds is 0. The van der Waals surface area contributed by atoms with Crippen LogP contribution in [-0.4, -0.2) is 16.0 Å². The van der Waals surface area contributed by atoms with E-state index in [-0.39, 0.29) is 0 Å². The number of hydrogen-bond donors (Lipinski definition) is 2. The Morgan fingerprint density at radius 1 is 1.25 bits per heavy atom. The lowest BCUT2D eigenvalue weighted by atomic mass is 10.0. The van der Waals surface area contributed by atoms with E-state index in [0.29, 0.717) is 6.04 Å². The van der Waals surface area contributed by atoms with Crippen molar-refractivity contribution in [2.45, 2.75) is 25.9 Å². The molecule has 2 nitrogen and oxygen atoms in total. The first-order chi connectivity index (χ1) is 7.84. The van der Waals surface area contributed by atoms with E-state index in [0.717, 1.165) is 13.0 Å². The maximum Gasteiger partial charge on any atom is 0.0459 e. The molecule has 1 unspecified atom stereocenters. The second kappa shape index (κ2) is 5.19. The summed E-state index contributed by atoms with van der Waals surface area (Å²) in [6.45, 7) is 3.23. The Morgan fingerprint density at radius 3 is 2.81 bits per heavy atom. The van der Waals surface area contributed by atoms with Crippen LogP contribution in [-0.2, 0) is 13.0 Å². The molecule has 3 heteroatoms. The Morgan fingerprint density at radius 2 is 2.00 bits per heavy atom. The summed E-state index contributed by atoms with van der Waals surface area (Å²) in [5.41, 5.74) is 4.14. The summed E-state index contributed by atoms with van der Waals surface area (Å²) in [4.78, 5) is 5.48. The van der Waals surface area contributed by atoms with Gasteiger partial charge in [-0.05, 0) is 23.5 Å². The van der Waals surface area contributed by atoms with Gasteiger partial charge in [0.2, 0.25) is 0 Å². The molecule has 1 aromatic heterocycles. The van der Waals surface area contributed by atoms with Crippen LogP contribution in [0.15, 0.2) is 24.3 Å². The molecule has 1 aromatic carbocycles. The fourth-order valence-electron chi connectivity index (χ4n) is 2.29. The van der Waals surface area contributed by atoms with Crippen LogP contribution in [0.1, 0.15) is 18.2 Å². The van der Waals surface area contributed by atoms with Gasteiger partial charge in [0, 0.05) is 35.6 Å². The average molecular weight is 328 g/mol. The van der Waals surface area contributed by atoms with Gasteiger partial charge in [-0.25, -0.2) is 0 Å². The molecule has 1 aliphatic rings. The summed E-state index contributed by atoms with van der Waals surface area (Å²) >= 11 is 2.15. The smallest absolute Gasteiger partial charge is 0.0459 e. The largest absolute Gasteiger partial charge is 0.358 e. The average Bonchev–Trinajstić information content (AvgIpc) is 2.68. The molecule has 16 heavy (non-hydrogen) atoms. The van der Waals surface area contributed by atoms with Gasteiger partial charge in [-0.2, -0.15) is 0 Å². The van der Waals surface area contributed by atoms with E-state index >= 15 is 0 Å². The van der Waals surface area contributed by atoms with E-state index in [1.54, 1.807) is 0 Å². The van der Waals surface area contributed by atoms with Crippen LogP contribution in [0.4, 0.5) is 0 Å². The lowest BCUT2D eigenvalue weighted by Crippen LogP contribution is -2.32. The van der Waals surface area contributed by atoms with Crippen LogP contribution < -0.4 is 5.32 Å². The third kappa shape index (κ3) is 2.11. The maximum atomic E-state index is 3.51. The van der Waals surface area contributed by atoms with Crippen molar-refractivity contribution in [2.24, 2.45) is 0 Å². The first kappa shape index (κ1) is 11.9. The monoisotopic (exact) mass is 328 g/mol. The Hall–Kier alpha value is -0.550. The third-order valence-corrected chi connectivity index (χ3v) is 3.04. The molecule has 0 amide bonds. The summed E-state index contributed by atoms with van der Waals surface area (Å²) in [6.07, 6.45) is 1.12. The molecule has 0 spiro atoms. The first-order valence-corrected chi connectivity index (χ1v) is 7.70. The van der Waals surface area contributed by atoms with Crippen molar-refractivity contribution >= 4 is 33.5 Å². The fraction of sp³-hybridized carbons (Fsp3) is 0.385. The van der Waals surface area contributed by atoms with Crippen molar-refractivity contribution in [3.63, 3.8) is 0 Å². The standard InChI is InChI=1S/C12H14N2.CH3I/c1-8-6-12-10(7-13-8)9-4-2-3-5-11(9)14-12;1-2/h2-5,8,13-14H,6-7H2,1H3;1H3. The molecule has 1 atom stereocenters. The zero-order valence-electron chi connectivity index (χ0n) is 9.68. The third-order valence-electron chi connectivity index (χ3n) is 3.04. The van der Waals surface area contributed by atoms with Gasteiger partial charge in [-0.1, -0.05) is 40.8 Å². The molecule has 3 rings (SSSR count). The second-order valence-corrected chi connectivity index (χ2v) is 4.11. The number of aromatic nitrogens is 1. The number of fused-ring (bicyclic) bond motifs is 3. The summed E-state index contributed by atoms with van der Waals surface area (Å²) < 4.78 is 0. The molecule has 86 valence electrons. The van der Waals surface area contributed by atoms with Gasteiger partial charge in [0.05, 0.1) is 0 Å². The number of hydrogen-bond acceptors (Lipinski definition) is 1. The molecule has 2 aromatic rings. The minimum absolute atomic E-state index is 0.593. The topological polar surface area (TPSA) is 27.8 Å². The van der Waals surface area contributed by atoms with Gasteiger partial charge < -0.3 is 10.3 Å². The zero-order chi connectivity index (χ0) is 11.5. The lowest BCUT2D eigenvalue weighted by Gasteiger charge is -2.20. The van der Waals surface area contributed by atoms with Crippen LogP contribution in [0.2, 0.25) is 0 Å². The van der Waals surface area contributed by atoms with E-state index in [9.17, 15) is 0 Å². The van der Waals surface area contributed by atoms with Crippen molar-refractivity contribution in [1.82, 2.24) is 10.3 Å². The molecular weight excluding hydrogens is 311 g/mol. The number of halogens is 1. The number of H-pyrrole nitrogens is 1. The summed E-state index contributed by atoms with van der Waals surface area (Å²) in [5, 5.41) is 4.87. The SMILES string of the molecule is CC1Cc2[nH]c3ccccc3c2CN1.CI. The molecule has 0 saturated heterocycles. The van der Waals surface area contributed by atoms with Crippen LogP contribution >= 0.6 is 22.6 Å².